The van der Waals surface area contributed by atoms with Gasteiger partial charge in [-0.25, -0.2) is 9.37 Å². The molecule has 1 aliphatic rings. The van der Waals surface area contributed by atoms with Gasteiger partial charge in [0, 0.05) is 42.0 Å². The number of fused-ring (bicyclic) bond motifs is 1. The van der Waals surface area contributed by atoms with Crippen molar-refractivity contribution in [2.75, 3.05) is 18.4 Å². The summed E-state index contributed by atoms with van der Waals surface area (Å²) in [5.74, 6) is -0.692. The Hall–Kier alpha value is -4.11. The summed E-state index contributed by atoms with van der Waals surface area (Å²) >= 11 is 6.56. The molecular weight excluding hydrogens is 483 g/mol. The van der Waals surface area contributed by atoms with E-state index in [0.717, 1.165) is 35.5 Å². The van der Waals surface area contributed by atoms with Gasteiger partial charge in [-0.05, 0) is 43.2 Å². The standard InChI is InChI=1S/C26H22ClFN6O2/c1-2-23(35)33-11-3-4-19(15-33)34-25-20(13-29-14-21(25)27)24(32-34)16-5-7-17(8-6-16)26(36)31-22-10-9-18(28)12-30-22/h2,5-10,12-14,19H,1,3-4,11,15H2,(H,30,31,36)/t19-/m1/s1. The van der Waals surface area contributed by atoms with Gasteiger partial charge < -0.3 is 10.2 Å². The summed E-state index contributed by atoms with van der Waals surface area (Å²) in [5, 5.41) is 8.79. The molecule has 0 bridgehead atoms. The van der Waals surface area contributed by atoms with Crippen LogP contribution in [-0.2, 0) is 4.79 Å². The van der Waals surface area contributed by atoms with Crippen molar-refractivity contribution >= 4 is 40.1 Å². The number of piperidine rings is 1. The fraction of sp³-hybridized carbons (Fsp3) is 0.192. The molecule has 0 aliphatic carbocycles. The van der Waals surface area contributed by atoms with Gasteiger partial charge in [0.2, 0.25) is 5.91 Å². The number of pyridine rings is 2. The number of aromatic nitrogens is 4. The van der Waals surface area contributed by atoms with E-state index in [1.54, 1.807) is 41.6 Å². The number of halogens is 2. The zero-order valence-corrected chi connectivity index (χ0v) is 20.0. The molecule has 0 spiro atoms. The van der Waals surface area contributed by atoms with Gasteiger partial charge in [0.1, 0.15) is 17.3 Å². The maximum atomic E-state index is 13.1. The minimum absolute atomic E-state index is 0.0490. The largest absolute Gasteiger partial charge is 0.337 e. The Balaban J connectivity index is 1.45. The van der Waals surface area contributed by atoms with Crippen LogP contribution in [0, 0.1) is 5.82 Å². The second-order valence-corrected chi connectivity index (χ2v) is 8.90. The average molecular weight is 505 g/mol. The molecule has 3 aromatic heterocycles. The van der Waals surface area contributed by atoms with E-state index < -0.39 is 5.82 Å². The molecule has 1 atom stereocenters. The van der Waals surface area contributed by atoms with E-state index in [2.05, 4.69) is 21.9 Å². The molecule has 1 aliphatic heterocycles. The predicted octanol–water partition coefficient (Wildman–Crippen LogP) is 4.89. The first-order valence-corrected chi connectivity index (χ1v) is 11.8. The fourth-order valence-corrected chi connectivity index (χ4v) is 4.67. The van der Waals surface area contributed by atoms with Crippen LogP contribution in [0.15, 0.2) is 67.6 Å². The van der Waals surface area contributed by atoms with Crippen LogP contribution in [-0.4, -0.2) is 49.6 Å². The molecular formula is C26H22ClFN6O2. The van der Waals surface area contributed by atoms with Crippen molar-refractivity contribution in [2.45, 2.75) is 18.9 Å². The fourth-order valence-electron chi connectivity index (χ4n) is 4.42. The highest BCUT2D eigenvalue weighted by Gasteiger charge is 2.27. The highest BCUT2D eigenvalue weighted by atomic mass is 35.5. The Labute approximate surface area is 211 Å². The number of amides is 2. The number of likely N-dealkylation sites (tertiary alicyclic amines) is 1. The van der Waals surface area contributed by atoms with Gasteiger partial charge in [0.05, 0.1) is 22.8 Å². The highest BCUT2D eigenvalue weighted by molar-refractivity contribution is 6.35. The molecule has 36 heavy (non-hydrogen) atoms. The third-order valence-corrected chi connectivity index (χ3v) is 6.46. The molecule has 4 aromatic rings. The molecule has 2 amide bonds. The van der Waals surface area contributed by atoms with Crippen LogP contribution in [0.2, 0.25) is 5.02 Å². The van der Waals surface area contributed by atoms with Gasteiger partial charge in [-0.1, -0.05) is 30.3 Å². The second-order valence-electron chi connectivity index (χ2n) is 8.49. The molecule has 4 heterocycles. The number of benzene rings is 1. The molecule has 1 fully saturated rings. The van der Waals surface area contributed by atoms with Crippen LogP contribution >= 0.6 is 11.6 Å². The van der Waals surface area contributed by atoms with Gasteiger partial charge >= 0.3 is 0 Å². The third-order valence-electron chi connectivity index (χ3n) is 6.18. The normalized spacial score (nSPS) is 15.6. The highest BCUT2D eigenvalue weighted by Crippen LogP contribution is 2.35. The molecule has 1 aromatic carbocycles. The van der Waals surface area contributed by atoms with Crippen LogP contribution < -0.4 is 5.32 Å². The zero-order chi connectivity index (χ0) is 25.2. The van der Waals surface area contributed by atoms with Gasteiger partial charge in [0.25, 0.3) is 5.91 Å². The molecule has 0 radical (unpaired) electrons. The van der Waals surface area contributed by atoms with Gasteiger partial charge in [-0.3, -0.25) is 19.3 Å². The van der Waals surface area contributed by atoms with E-state index >= 15 is 0 Å². The first-order chi connectivity index (χ1) is 17.4. The maximum Gasteiger partial charge on any atom is 0.256 e. The number of nitrogens with one attached hydrogen (secondary N) is 1. The first kappa shape index (κ1) is 23.6. The molecule has 10 heteroatoms. The number of hydrogen-bond donors (Lipinski definition) is 1. The van der Waals surface area contributed by atoms with Crippen LogP contribution in [0.3, 0.4) is 0 Å². The van der Waals surface area contributed by atoms with Gasteiger partial charge in [-0.2, -0.15) is 5.10 Å². The van der Waals surface area contributed by atoms with Crippen LogP contribution in [0.5, 0.6) is 0 Å². The molecule has 1 saturated heterocycles. The number of nitrogens with zero attached hydrogens (tertiary/aromatic N) is 5. The van der Waals surface area contributed by atoms with Crippen molar-refractivity contribution in [3.05, 3.63) is 84.0 Å². The number of anilines is 1. The molecule has 1 N–H and O–H groups in total. The van der Waals surface area contributed by atoms with Crippen molar-refractivity contribution in [3.8, 4) is 11.3 Å². The van der Waals surface area contributed by atoms with E-state index in [9.17, 15) is 14.0 Å². The Morgan fingerprint density at radius 3 is 2.67 bits per heavy atom. The summed E-state index contributed by atoms with van der Waals surface area (Å²) in [7, 11) is 0. The molecule has 182 valence electrons. The maximum absolute atomic E-state index is 13.1. The second kappa shape index (κ2) is 9.87. The summed E-state index contributed by atoms with van der Waals surface area (Å²) in [5.41, 5.74) is 2.63. The van der Waals surface area contributed by atoms with Crippen molar-refractivity contribution < 1.29 is 14.0 Å². The summed E-state index contributed by atoms with van der Waals surface area (Å²) in [4.78, 5) is 34.7. The predicted molar refractivity (Wildman–Crippen MR) is 135 cm³/mol. The quantitative estimate of drug-likeness (QED) is 0.391. The molecule has 0 unspecified atom stereocenters. The minimum Gasteiger partial charge on any atom is -0.337 e. The Bertz CT molecular complexity index is 1450. The first-order valence-electron chi connectivity index (χ1n) is 11.4. The Kier molecular flexibility index (Phi) is 6.47. The SMILES string of the molecule is C=CC(=O)N1CCC[C@@H](n2nc(-c3ccc(C(=O)Nc4ccc(F)cn4)cc3)c3cncc(Cl)c32)C1. The van der Waals surface area contributed by atoms with E-state index in [0.29, 0.717) is 29.4 Å². The van der Waals surface area contributed by atoms with E-state index in [1.807, 2.05) is 4.68 Å². The van der Waals surface area contributed by atoms with Gasteiger partial charge in [-0.15, -0.1) is 0 Å². The lowest BCUT2D eigenvalue weighted by Gasteiger charge is -2.32. The van der Waals surface area contributed by atoms with Gasteiger partial charge in [0.15, 0.2) is 0 Å². The average Bonchev–Trinajstić information content (AvgIpc) is 3.31. The summed E-state index contributed by atoms with van der Waals surface area (Å²) in [6.45, 7) is 4.79. The monoisotopic (exact) mass is 504 g/mol. The van der Waals surface area contributed by atoms with Crippen molar-refractivity contribution in [2.24, 2.45) is 0 Å². The Morgan fingerprint density at radius 1 is 1.14 bits per heavy atom. The van der Waals surface area contributed by atoms with Crippen LogP contribution in [0.4, 0.5) is 10.2 Å². The van der Waals surface area contributed by atoms with Crippen molar-refractivity contribution in [3.63, 3.8) is 0 Å². The number of carbonyl (C=O) groups excluding carboxylic acids is 2. The molecule has 0 saturated carbocycles. The van der Waals surface area contributed by atoms with E-state index in [4.69, 9.17) is 16.7 Å². The van der Waals surface area contributed by atoms with Crippen molar-refractivity contribution in [1.82, 2.24) is 24.6 Å². The summed E-state index contributed by atoms with van der Waals surface area (Å²) < 4.78 is 15.0. The number of rotatable bonds is 5. The topological polar surface area (TPSA) is 93.0 Å². The van der Waals surface area contributed by atoms with E-state index in [-0.39, 0.29) is 23.7 Å². The lowest BCUT2D eigenvalue weighted by molar-refractivity contribution is -0.127. The zero-order valence-electron chi connectivity index (χ0n) is 19.2. The van der Waals surface area contributed by atoms with Crippen molar-refractivity contribution in [1.29, 1.82) is 0 Å². The third kappa shape index (κ3) is 4.57. The van der Waals surface area contributed by atoms with E-state index in [1.165, 1.54) is 18.2 Å². The number of hydrogen-bond acceptors (Lipinski definition) is 5. The van der Waals surface area contributed by atoms with Crippen LogP contribution in [0.1, 0.15) is 29.2 Å². The molecule has 5 rings (SSSR count). The summed E-state index contributed by atoms with van der Waals surface area (Å²) in [6, 6.07) is 9.54. The van der Waals surface area contributed by atoms with Crippen LogP contribution in [0.25, 0.3) is 22.2 Å². The molecule has 8 nitrogen and oxygen atoms in total. The smallest absolute Gasteiger partial charge is 0.256 e. The minimum atomic E-state index is -0.480. The Morgan fingerprint density at radius 2 is 1.94 bits per heavy atom. The lowest BCUT2D eigenvalue weighted by atomic mass is 10.1. The summed E-state index contributed by atoms with van der Waals surface area (Å²) in [6.07, 6.45) is 7.37. The number of carbonyl (C=O) groups is 2. The lowest BCUT2D eigenvalue weighted by Crippen LogP contribution is -2.40.